The molecule has 0 bridgehead atoms. The van der Waals surface area contributed by atoms with E-state index in [-0.39, 0.29) is 6.04 Å². The Kier molecular flexibility index (Phi) is 3.82. The Morgan fingerprint density at radius 1 is 1.35 bits per heavy atom. The first kappa shape index (κ1) is 12.1. The van der Waals surface area contributed by atoms with Crippen molar-refractivity contribution < 1.29 is 4.74 Å². The molecule has 0 aliphatic rings. The molecule has 0 aliphatic carbocycles. The minimum atomic E-state index is -0.0598. The fourth-order valence-corrected chi connectivity index (χ4v) is 2.66. The highest BCUT2D eigenvalue weighted by Crippen LogP contribution is 2.29. The number of thiophene rings is 1. The fourth-order valence-electron chi connectivity index (χ4n) is 1.78. The molecule has 0 aliphatic heterocycles. The molecule has 2 aromatic rings. The molecule has 0 amide bonds. The highest BCUT2D eigenvalue weighted by molar-refractivity contribution is 7.10. The van der Waals surface area contributed by atoms with Crippen LogP contribution in [0, 0.1) is 0 Å². The van der Waals surface area contributed by atoms with Crippen molar-refractivity contribution in [3.63, 3.8) is 0 Å². The van der Waals surface area contributed by atoms with E-state index in [1.807, 2.05) is 11.4 Å². The largest absolute Gasteiger partial charge is 0.496 e. The lowest BCUT2D eigenvalue weighted by atomic mass is 10.0. The van der Waals surface area contributed by atoms with Crippen LogP contribution in [-0.4, -0.2) is 7.11 Å². The lowest BCUT2D eigenvalue weighted by molar-refractivity contribution is 0.416. The number of nitrogens with two attached hydrogens (primary N) is 1. The molecule has 1 unspecified atom stereocenters. The molecule has 1 atom stereocenters. The first-order chi connectivity index (χ1) is 8.24. The Bertz CT molecular complexity index is 492. The minimum Gasteiger partial charge on any atom is -0.496 e. The maximum absolute atomic E-state index is 6.26. The number of rotatable bonds is 4. The normalized spacial score (nSPS) is 12.4. The van der Waals surface area contributed by atoms with Crippen LogP contribution in [0.4, 0.5) is 0 Å². The molecule has 1 heterocycles. The van der Waals surface area contributed by atoms with Crippen LogP contribution in [0.5, 0.6) is 5.75 Å². The van der Waals surface area contributed by atoms with Crippen molar-refractivity contribution >= 4 is 11.3 Å². The van der Waals surface area contributed by atoms with E-state index >= 15 is 0 Å². The van der Waals surface area contributed by atoms with Crippen molar-refractivity contribution in [3.8, 4) is 5.75 Å². The third-order valence-electron chi connectivity index (χ3n) is 2.86. The number of ether oxygens (including phenoxy) is 1. The molecule has 1 aromatic heterocycles. The first-order valence-electron chi connectivity index (χ1n) is 5.71. The van der Waals surface area contributed by atoms with Gasteiger partial charge in [-0.15, -0.1) is 11.3 Å². The van der Waals surface area contributed by atoms with Gasteiger partial charge in [-0.2, -0.15) is 0 Å². The number of hydrogen-bond acceptors (Lipinski definition) is 3. The molecule has 0 saturated carbocycles. The average molecular weight is 247 g/mol. The average Bonchev–Trinajstić information content (AvgIpc) is 2.86. The predicted octanol–water partition coefficient (Wildman–Crippen LogP) is 3.37. The molecule has 0 saturated heterocycles. The van der Waals surface area contributed by atoms with Gasteiger partial charge in [-0.05, 0) is 23.6 Å². The molecule has 17 heavy (non-hydrogen) atoms. The maximum atomic E-state index is 6.26. The van der Waals surface area contributed by atoms with Gasteiger partial charge in [0.05, 0.1) is 13.2 Å². The van der Waals surface area contributed by atoms with E-state index < -0.39 is 0 Å². The smallest absolute Gasteiger partial charge is 0.129 e. The standard InChI is InChI=1S/C14H17NOS/c1-3-10-5-4-6-11(7-10)14(15)13-8-12(16-2)9-17-13/h4-9,14H,3,15H2,1-2H3. The summed E-state index contributed by atoms with van der Waals surface area (Å²) in [6, 6.07) is 10.4. The molecule has 2 rings (SSSR count). The van der Waals surface area contributed by atoms with E-state index in [1.165, 1.54) is 5.56 Å². The second-order valence-corrected chi connectivity index (χ2v) is 4.91. The number of benzene rings is 1. The van der Waals surface area contributed by atoms with Crippen molar-refractivity contribution in [1.82, 2.24) is 0 Å². The van der Waals surface area contributed by atoms with E-state index in [1.54, 1.807) is 18.4 Å². The van der Waals surface area contributed by atoms with Gasteiger partial charge in [0.2, 0.25) is 0 Å². The monoisotopic (exact) mass is 247 g/mol. The predicted molar refractivity (Wildman–Crippen MR) is 72.7 cm³/mol. The van der Waals surface area contributed by atoms with Gasteiger partial charge in [-0.25, -0.2) is 0 Å². The molecule has 0 radical (unpaired) electrons. The summed E-state index contributed by atoms with van der Waals surface area (Å²) >= 11 is 1.64. The zero-order valence-corrected chi connectivity index (χ0v) is 11.0. The highest BCUT2D eigenvalue weighted by Gasteiger charge is 2.12. The first-order valence-corrected chi connectivity index (χ1v) is 6.59. The zero-order valence-electron chi connectivity index (χ0n) is 10.1. The van der Waals surface area contributed by atoms with Gasteiger partial charge in [0, 0.05) is 10.3 Å². The van der Waals surface area contributed by atoms with Gasteiger partial charge in [0.15, 0.2) is 0 Å². The molecule has 3 heteroatoms. The maximum Gasteiger partial charge on any atom is 0.129 e. The van der Waals surface area contributed by atoms with Gasteiger partial charge in [0.1, 0.15) is 5.75 Å². The van der Waals surface area contributed by atoms with Crippen molar-refractivity contribution in [3.05, 3.63) is 51.7 Å². The number of hydrogen-bond donors (Lipinski definition) is 1. The summed E-state index contributed by atoms with van der Waals surface area (Å²) in [6.07, 6.45) is 1.04. The van der Waals surface area contributed by atoms with E-state index in [9.17, 15) is 0 Å². The van der Waals surface area contributed by atoms with Crippen LogP contribution in [0.15, 0.2) is 35.7 Å². The van der Waals surface area contributed by atoms with Gasteiger partial charge >= 0.3 is 0 Å². The minimum absolute atomic E-state index is 0.0598. The Morgan fingerprint density at radius 2 is 2.18 bits per heavy atom. The van der Waals surface area contributed by atoms with Gasteiger partial charge < -0.3 is 10.5 Å². The second-order valence-electron chi connectivity index (χ2n) is 3.97. The zero-order chi connectivity index (χ0) is 12.3. The second kappa shape index (κ2) is 5.34. The van der Waals surface area contributed by atoms with Crippen molar-refractivity contribution in [2.24, 2.45) is 5.73 Å². The summed E-state index contributed by atoms with van der Waals surface area (Å²) in [5, 5.41) is 1.98. The topological polar surface area (TPSA) is 35.2 Å². The Balaban J connectivity index is 2.26. The highest BCUT2D eigenvalue weighted by atomic mass is 32.1. The Morgan fingerprint density at radius 3 is 2.82 bits per heavy atom. The summed E-state index contributed by atoms with van der Waals surface area (Å²) in [6.45, 7) is 2.15. The molecule has 2 N–H and O–H groups in total. The van der Waals surface area contributed by atoms with Crippen LogP contribution >= 0.6 is 11.3 Å². The van der Waals surface area contributed by atoms with E-state index in [4.69, 9.17) is 10.5 Å². The lowest BCUT2D eigenvalue weighted by Gasteiger charge is -2.11. The number of methoxy groups -OCH3 is 1. The summed E-state index contributed by atoms with van der Waals surface area (Å²) < 4.78 is 5.18. The summed E-state index contributed by atoms with van der Waals surface area (Å²) in [7, 11) is 1.68. The van der Waals surface area contributed by atoms with Crippen LogP contribution < -0.4 is 10.5 Å². The van der Waals surface area contributed by atoms with Gasteiger partial charge in [0.25, 0.3) is 0 Å². The number of aryl methyl sites for hydroxylation is 1. The third-order valence-corrected chi connectivity index (χ3v) is 3.85. The van der Waals surface area contributed by atoms with Crippen molar-refractivity contribution in [1.29, 1.82) is 0 Å². The van der Waals surface area contributed by atoms with E-state index in [2.05, 4.69) is 31.2 Å². The van der Waals surface area contributed by atoms with Crippen LogP contribution in [0.2, 0.25) is 0 Å². The molecular weight excluding hydrogens is 230 g/mol. The Labute approximate surface area is 106 Å². The van der Waals surface area contributed by atoms with Gasteiger partial charge in [-0.1, -0.05) is 31.2 Å². The third kappa shape index (κ3) is 2.68. The lowest BCUT2D eigenvalue weighted by Crippen LogP contribution is -2.10. The molecule has 2 nitrogen and oxygen atoms in total. The summed E-state index contributed by atoms with van der Waals surface area (Å²) in [4.78, 5) is 1.13. The van der Waals surface area contributed by atoms with Crippen LogP contribution in [-0.2, 0) is 6.42 Å². The molecular formula is C14H17NOS. The molecule has 0 spiro atoms. The quantitative estimate of drug-likeness (QED) is 0.899. The van der Waals surface area contributed by atoms with E-state index in [0.717, 1.165) is 22.6 Å². The van der Waals surface area contributed by atoms with Crippen LogP contribution in [0.3, 0.4) is 0 Å². The summed E-state index contributed by atoms with van der Waals surface area (Å²) in [5.74, 6) is 0.882. The van der Waals surface area contributed by atoms with Crippen LogP contribution in [0.1, 0.15) is 29.0 Å². The van der Waals surface area contributed by atoms with Gasteiger partial charge in [-0.3, -0.25) is 0 Å². The molecule has 0 fully saturated rings. The van der Waals surface area contributed by atoms with E-state index in [0.29, 0.717) is 0 Å². The van der Waals surface area contributed by atoms with Crippen LogP contribution in [0.25, 0.3) is 0 Å². The molecule has 90 valence electrons. The van der Waals surface area contributed by atoms with Crippen molar-refractivity contribution in [2.45, 2.75) is 19.4 Å². The van der Waals surface area contributed by atoms with Crippen molar-refractivity contribution in [2.75, 3.05) is 7.11 Å². The SMILES string of the molecule is CCc1cccc(C(N)c2cc(OC)cs2)c1. The summed E-state index contributed by atoms with van der Waals surface area (Å²) in [5.41, 5.74) is 8.74. The Hall–Kier alpha value is -1.32. The molecule has 1 aromatic carbocycles. The fraction of sp³-hybridized carbons (Fsp3) is 0.286.